The summed E-state index contributed by atoms with van der Waals surface area (Å²) in [5.74, 6) is 1.84. The molecule has 0 bridgehead atoms. The Labute approximate surface area is 101 Å². The highest BCUT2D eigenvalue weighted by atomic mass is 127. The monoisotopic (exact) mass is 308 g/mol. The predicted octanol–water partition coefficient (Wildman–Crippen LogP) is 3.53. The van der Waals surface area contributed by atoms with Crippen molar-refractivity contribution in [2.24, 2.45) is 11.8 Å². The number of hydrogen-bond acceptors (Lipinski definition) is 1. The second-order valence-corrected chi connectivity index (χ2v) is 6.72. The second-order valence-electron chi connectivity index (χ2n) is 5.12. The molecule has 1 nitrogen and oxygen atoms in total. The molecule has 0 radical (unpaired) electrons. The number of rotatable bonds is 3. The van der Waals surface area contributed by atoms with Crippen LogP contribution in [0.2, 0.25) is 0 Å². The third-order valence-electron chi connectivity index (χ3n) is 4.03. The first-order chi connectivity index (χ1) is 6.75. The van der Waals surface area contributed by atoms with Crippen molar-refractivity contribution >= 4 is 22.6 Å². The van der Waals surface area contributed by atoms with Gasteiger partial charge in [-0.15, -0.1) is 0 Å². The molecule has 1 N–H and O–H groups in total. The van der Waals surface area contributed by atoms with Crippen LogP contribution < -0.4 is 0 Å². The van der Waals surface area contributed by atoms with Gasteiger partial charge in [0.15, 0.2) is 0 Å². The Morgan fingerprint density at radius 1 is 1.07 bits per heavy atom. The Balaban J connectivity index is 1.67. The normalized spacial score (nSPS) is 43.3. The lowest BCUT2D eigenvalue weighted by Gasteiger charge is -2.16. The van der Waals surface area contributed by atoms with Crippen LogP contribution in [0.15, 0.2) is 0 Å². The number of aliphatic hydroxyl groups is 1. The molecule has 2 heteroatoms. The van der Waals surface area contributed by atoms with Crippen molar-refractivity contribution in [2.45, 2.75) is 61.4 Å². The summed E-state index contributed by atoms with van der Waals surface area (Å²) in [5, 5.41) is 9.44. The van der Waals surface area contributed by atoms with Gasteiger partial charge in [-0.05, 0) is 50.4 Å². The second kappa shape index (κ2) is 5.15. The van der Waals surface area contributed by atoms with Crippen LogP contribution in [0.25, 0.3) is 0 Å². The number of aliphatic hydroxyl groups excluding tert-OH is 1. The standard InChI is InChI=1S/C12H21IO/c13-12-3-1-2-10(12)6-4-9-5-7-11(14)8-9/h9-12,14H,1-8H2. The smallest absolute Gasteiger partial charge is 0.0543 e. The number of halogens is 1. The Morgan fingerprint density at radius 3 is 2.50 bits per heavy atom. The molecule has 0 spiro atoms. The number of alkyl halides is 1. The first-order valence-corrected chi connectivity index (χ1v) is 7.32. The maximum absolute atomic E-state index is 9.44. The van der Waals surface area contributed by atoms with Crippen LogP contribution in [-0.4, -0.2) is 15.1 Å². The molecule has 2 aliphatic rings. The highest BCUT2D eigenvalue weighted by molar-refractivity contribution is 14.1. The lowest BCUT2D eigenvalue weighted by atomic mass is 9.94. The quantitative estimate of drug-likeness (QED) is 0.625. The Kier molecular flexibility index (Phi) is 4.11. The lowest BCUT2D eigenvalue weighted by Crippen LogP contribution is -2.08. The van der Waals surface area contributed by atoms with Crippen LogP contribution in [0.5, 0.6) is 0 Å². The van der Waals surface area contributed by atoms with E-state index in [0.29, 0.717) is 0 Å². The molecular weight excluding hydrogens is 287 g/mol. The van der Waals surface area contributed by atoms with Crippen molar-refractivity contribution in [1.29, 1.82) is 0 Å². The molecule has 2 aliphatic carbocycles. The molecule has 4 unspecified atom stereocenters. The van der Waals surface area contributed by atoms with Gasteiger partial charge >= 0.3 is 0 Å². The van der Waals surface area contributed by atoms with Crippen LogP contribution in [0.3, 0.4) is 0 Å². The zero-order valence-electron chi connectivity index (χ0n) is 8.79. The molecule has 82 valence electrons. The topological polar surface area (TPSA) is 20.2 Å². The first-order valence-electron chi connectivity index (χ1n) is 6.08. The maximum atomic E-state index is 9.44. The van der Waals surface area contributed by atoms with Crippen molar-refractivity contribution in [3.63, 3.8) is 0 Å². The van der Waals surface area contributed by atoms with Crippen molar-refractivity contribution in [2.75, 3.05) is 0 Å². The summed E-state index contributed by atoms with van der Waals surface area (Å²) in [4.78, 5) is 0. The summed E-state index contributed by atoms with van der Waals surface area (Å²) in [6, 6.07) is 0. The molecule has 0 aromatic carbocycles. The molecule has 0 heterocycles. The molecule has 2 fully saturated rings. The van der Waals surface area contributed by atoms with Crippen LogP contribution in [-0.2, 0) is 0 Å². The van der Waals surface area contributed by atoms with Gasteiger partial charge in [-0.3, -0.25) is 0 Å². The molecule has 4 atom stereocenters. The van der Waals surface area contributed by atoms with E-state index in [1.165, 1.54) is 38.5 Å². The van der Waals surface area contributed by atoms with Crippen LogP contribution >= 0.6 is 22.6 Å². The molecule has 2 saturated carbocycles. The van der Waals surface area contributed by atoms with Crippen LogP contribution in [0, 0.1) is 11.8 Å². The zero-order valence-corrected chi connectivity index (χ0v) is 10.9. The summed E-state index contributed by atoms with van der Waals surface area (Å²) < 4.78 is 0.943. The maximum Gasteiger partial charge on any atom is 0.0543 e. The molecule has 0 saturated heterocycles. The van der Waals surface area contributed by atoms with E-state index in [4.69, 9.17) is 0 Å². The van der Waals surface area contributed by atoms with E-state index in [1.807, 2.05) is 0 Å². The summed E-state index contributed by atoms with van der Waals surface area (Å²) in [5.41, 5.74) is 0. The van der Waals surface area contributed by atoms with Gasteiger partial charge < -0.3 is 5.11 Å². The summed E-state index contributed by atoms with van der Waals surface area (Å²) in [7, 11) is 0. The van der Waals surface area contributed by atoms with E-state index in [9.17, 15) is 5.11 Å². The molecule has 14 heavy (non-hydrogen) atoms. The molecule has 0 aliphatic heterocycles. The van der Waals surface area contributed by atoms with Crippen molar-refractivity contribution < 1.29 is 5.11 Å². The molecule has 0 aromatic rings. The van der Waals surface area contributed by atoms with E-state index >= 15 is 0 Å². The van der Waals surface area contributed by atoms with E-state index in [1.54, 1.807) is 0 Å². The van der Waals surface area contributed by atoms with E-state index < -0.39 is 0 Å². The SMILES string of the molecule is OC1CCC(CCC2CCCC2I)C1. The van der Waals surface area contributed by atoms with Gasteiger partial charge in [0.1, 0.15) is 0 Å². The minimum absolute atomic E-state index is 0.0268. The van der Waals surface area contributed by atoms with Crippen molar-refractivity contribution in [3.8, 4) is 0 Å². The zero-order chi connectivity index (χ0) is 9.97. The summed E-state index contributed by atoms with van der Waals surface area (Å²) in [6.07, 6.45) is 10.6. The van der Waals surface area contributed by atoms with Crippen molar-refractivity contribution in [1.82, 2.24) is 0 Å². The average molecular weight is 308 g/mol. The Morgan fingerprint density at radius 2 is 1.93 bits per heavy atom. The summed E-state index contributed by atoms with van der Waals surface area (Å²) in [6.45, 7) is 0. The first kappa shape index (κ1) is 11.2. The van der Waals surface area contributed by atoms with Gasteiger partial charge in [-0.1, -0.05) is 35.4 Å². The van der Waals surface area contributed by atoms with Crippen molar-refractivity contribution in [3.05, 3.63) is 0 Å². The van der Waals surface area contributed by atoms with Gasteiger partial charge in [0.2, 0.25) is 0 Å². The fraction of sp³-hybridized carbons (Fsp3) is 1.00. The van der Waals surface area contributed by atoms with Crippen LogP contribution in [0.4, 0.5) is 0 Å². The largest absolute Gasteiger partial charge is 0.393 e. The van der Waals surface area contributed by atoms with E-state index in [0.717, 1.165) is 28.6 Å². The molecule has 0 amide bonds. The van der Waals surface area contributed by atoms with E-state index in [-0.39, 0.29) is 6.10 Å². The van der Waals surface area contributed by atoms with Crippen LogP contribution in [0.1, 0.15) is 51.4 Å². The summed E-state index contributed by atoms with van der Waals surface area (Å²) >= 11 is 2.64. The van der Waals surface area contributed by atoms with Gasteiger partial charge in [0.25, 0.3) is 0 Å². The fourth-order valence-corrected chi connectivity index (χ4v) is 4.24. The predicted molar refractivity (Wildman–Crippen MR) is 67.7 cm³/mol. The Bertz CT molecular complexity index is 183. The minimum atomic E-state index is 0.0268. The molecule has 2 rings (SSSR count). The average Bonchev–Trinajstić information content (AvgIpc) is 2.72. The fourth-order valence-electron chi connectivity index (χ4n) is 3.08. The number of hydrogen-bond donors (Lipinski definition) is 1. The lowest BCUT2D eigenvalue weighted by molar-refractivity contribution is 0.176. The van der Waals surface area contributed by atoms with Gasteiger partial charge in [-0.2, -0.15) is 0 Å². The van der Waals surface area contributed by atoms with Gasteiger partial charge in [0.05, 0.1) is 6.10 Å². The highest BCUT2D eigenvalue weighted by Gasteiger charge is 2.27. The highest BCUT2D eigenvalue weighted by Crippen LogP contribution is 2.38. The van der Waals surface area contributed by atoms with E-state index in [2.05, 4.69) is 22.6 Å². The minimum Gasteiger partial charge on any atom is -0.393 e. The third-order valence-corrected chi connectivity index (χ3v) is 5.67. The molecule has 0 aromatic heterocycles. The van der Waals surface area contributed by atoms with Gasteiger partial charge in [-0.25, -0.2) is 0 Å². The van der Waals surface area contributed by atoms with Gasteiger partial charge in [0, 0.05) is 3.92 Å². The molecular formula is C12H21IO. The Hall–Kier alpha value is 0.690. The third kappa shape index (κ3) is 2.84.